The number of para-hydroxylation sites is 1. The molecule has 0 radical (unpaired) electrons. The van der Waals surface area contributed by atoms with E-state index in [0.717, 1.165) is 21.5 Å². The molecule has 0 spiro atoms. The van der Waals surface area contributed by atoms with Crippen molar-refractivity contribution in [3.05, 3.63) is 58.6 Å². The fourth-order valence-corrected chi connectivity index (χ4v) is 3.80. The van der Waals surface area contributed by atoms with Gasteiger partial charge in [0.2, 0.25) is 0 Å². The van der Waals surface area contributed by atoms with E-state index in [2.05, 4.69) is 4.99 Å². The number of hydrogen-bond donors (Lipinski definition) is 0. The van der Waals surface area contributed by atoms with Crippen molar-refractivity contribution in [2.24, 2.45) is 4.99 Å². The first kappa shape index (κ1) is 17.4. The minimum atomic E-state index is -0.315. The zero-order valence-corrected chi connectivity index (χ0v) is 15.0. The zero-order chi connectivity index (χ0) is 17.8. The SMILES string of the molecule is CCOc1cccc2sc(=NC(=O)Cc3ccc(F)cc3)n(CC)c12. The van der Waals surface area contributed by atoms with Gasteiger partial charge in [0.05, 0.1) is 17.7 Å². The summed E-state index contributed by atoms with van der Waals surface area (Å²) in [5.74, 6) is 0.230. The van der Waals surface area contributed by atoms with Crippen LogP contribution in [-0.4, -0.2) is 17.1 Å². The molecule has 0 atom stereocenters. The van der Waals surface area contributed by atoms with Crippen LogP contribution in [-0.2, 0) is 17.8 Å². The summed E-state index contributed by atoms with van der Waals surface area (Å²) < 4.78 is 21.7. The Labute approximate surface area is 149 Å². The van der Waals surface area contributed by atoms with Crippen LogP contribution in [0.15, 0.2) is 47.5 Å². The third-order valence-corrected chi connectivity index (χ3v) is 4.81. The highest BCUT2D eigenvalue weighted by Crippen LogP contribution is 2.27. The van der Waals surface area contributed by atoms with E-state index in [0.29, 0.717) is 18.0 Å². The molecule has 0 saturated carbocycles. The minimum Gasteiger partial charge on any atom is -0.492 e. The summed E-state index contributed by atoms with van der Waals surface area (Å²) in [5, 5.41) is 0. The number of fused-ring (bicyclic) bond motifs is 1. The molecule has 0 aliphatic heterocycles. The number of halogens is 1. The monoisotopic (exact) mass is 358 g/mol. The topological polar surface area (TPSA) is 43.6 Å². The van der Waals surface area contributed by atoms with Gasteiger partial charge in [-0.15, -0.1) is 0 Å². The molecule has 2 aromatic carbocycles. The molecule has 4 nitrogen and oxygen atoms in total. The summed E-state index contributed by atoms with van der Waals surface area (Å²) in [4.78, 5) is 17.3. The Bertz CT molecular complexity index is 958. The standard InChI is InChI=1S/C19H19FN2O2S/c1-3-22-18-15(24-4-2)6-5-7-16(18)25-19(22)21-17(23)12-13-8-10-14(20)11-9-13/h5-11H,3-4,12H2,1-2H3. The maximum absolute atomic E-state index is 13.0. The van der Waals surface area contributed by atoms with Gasteiger partial charge in [-0.05, 0) is 43.7 Å². The fraction of sp³-hybridized carbons (Fsp3) is 0.263. The third-order valence-electron chi connectivity index (χ3n) is 3.77. The lowest BCUT2D eigenvalue weighted by molar-refractivity contribution is -0.117. The van der Waals surface area contributed by atoms with Gasteiger partial charge in [0, 0.05) is 6.54 Å². The molecule has 1 heterocycles. The van der Waals surface area contributed by atoms with Crippen molar-refractivity contribution < 1.29 is 13.9 Å². The first-order chi connectivity index (χ1) is 12.1. The Kier molecular flexibility index (Phi) is 5.28. The smallest absolute Gasteiger partial charge is 0.252 e. The number of hydrogen-bond acceptors (Lipinski definition) is 3. The number of nitrogens with zero attached hydrogens (tertiary/aromatic N) is 2. The summed E-state index contributed by atoms with van der Waals surface area (Å²) in [6.07, 6.45) is 0.149. The van der Waals surface area contributed by atoms with Gasteiger partial charge in [0.1, 0.15) is 17.1 Å². The van der Waals surface area contributed by atoms with Crippen molar-refractivity contribution in [1.29, 1.82) is 0 Å². The van der Waals surface area contributed by atoms with Gasteiger partial charge in [0.25, 0.3) is 5.91 Å². The zero-order valence-electron chi connectivity index (χ0n) is 14.2. The van der Waals surface area contributed by atoms with Gasteiger partial charge in [-0.3, -0.25) is 4.79 Å². The normalized spacial score (nSPS) is 11.9. The van der Waals surface area contributed by atoms with E-state index in [1.54, 1.807) is 12.1 Å². The highest BCUT2D eigenvalue weighted by atomic mass is 32.1. The second-order valence-electron chi connectivity index (χ2n) is 5.47. The molecule has 0 aliphatic rings. The lowest BCUT2D eigenvalue weighted by Crippen LogP contribution is -2.17. The molecule has 25 heavy (non-hydrogen) atoms. The molecule has 0 unspecified atom stereocenters. The number of amides is 1. The lowest BCUT2D eigenvalue weighted by Gasteiger charge is -2.07. The van der Waals surface area contributed by atoms with Crippen LogP contribution < -0.4 is 9.54 Å². The van der Waals surface area contributed by atoms with E-state index >= 15 is 0 Å². The Hall–Kier alpha value is -2.47. The van der Waals surface area contributed by atoms with Crippen LogP contribution in [0.1, 0.15) is 19.4 Å². The molecule has 3 aromatic rings. The Morgan fingerprint density at radius 2 is 1.96 bits per heavy atom. The van der Waals surface area contributed by atoms with Crippen LogP contribution in [0.3, 0.4) is 0 Å². The number of rotatable bonds is 5. The molecule has 130 valence electrons. The molecule has 3 rings (SSSR count). The van der Waals surface area contributed by atoms with Crippen LogP contribution >= 0.6 is 11.3 Å². The van der Waals surface area contributed by atoms with Crippen LogP contribution in [0.25, 0.3) is 10.2 Å². The van der Waals surface area contributed by atoms with Crippen LogP contribution in [0.2, 0.25) is 0 Å². The molecule has 6 heteroatoms. The van der Waals surface area contributed by atoms with Crippen molar-refractivity contribution in [2.45, 2.75) is 26.8 Å². The fourth-order valence-electron chi connectivity index (χ4n) is 2.67. The Balaban J connectivity index is 1.99. The molecule has 0 aliphatic carbocycles. The van der Waals surface area contributed by atoms with Crippen molar-refractivity contribution in [2.75, 3.05) is 6.61 Å². The van der Waals surface area contributed by atoms with Crippen molar-refractivity contribution in [3.8, 4) is 5.75 Å². The van der Waals surface area contributed by atoms with Gasteiger partial charge in [0.15, 0.2) is 4.80 Å². The van der Waals surface area contributed by atoms with Crippen LogP contribution in [0.4, 0.5) is 4.39 Å². The minimum absolute atomic E-state index is 0.149. The van der Waals surface area contributed by atoms with Gasteiger partial charge in [-0.1, -0.05) is 29.5 Å². The molecule has 1 amide bonds. The van der Waals surface area contributed by atoms with E-state index in [-0.39, 0.29) is 18.1 Å². The van der Waals surface area contributed by atoms with E-state index < -0.39 is 0 Å². The summed E-state index contributed by atoms with van der Waals surface area (Å²) in [5.41, 5.74) is 1.71. The average Bonchev–Trinajstić information content (AvgIpc) is 2.95. The predicted molar refractivity (Wildman–Crippen MR) is 97.3 cm³/mol. The molecule has 1 aromatic heterocycles. The summed E-state index contributed by atoms with van der Waals surface area (Å²) in [6, 6.07) is 11.8. The molecular weight excluding hydrogens is 339 g/mol. The van der Waals surface area contributed by atoms with Crippen molar-refractivity contribution >= 4 is 27.5 Å². The van der Waals surface area contributed by atoms with Gasteiger partial charge in [-0.2, -0.15) is 4.99 Å². The number of ether oxygens (including phenoxy) is 1. The predicted octanol–water partition coefficient (Wildman–Crippen LogP) is 3.93. The second kappa shape index (κ2) is 7.61. The second-order valence-corrected chi connectivity index (χ2v) is 6.48. The first-order valence-electron chi connectivity index (χ1n) is 8.19. The first-order valence-corrected chi connectivity index (χ1v) is 9.01. The highest BCUT2D eigenvalue weighted by Gasteiger charge is 2.11. The number of thiazole rings is 1. The quantitative estimate of drug-likeness (QED) is 0.694. The molecule has 0 fully saturated rings. The Morgan fingerprint density at radius 3 is 2.64 bits per heavy atom. The van der Waals surface area contributed by atoms with E-state index in [9.17, 15) is 9.18 Å². The summed E-state index contributed by atoms with van der Waals surface area (Å²) in [6.45, 7) is 5.22. The van der Waals surface area contributed by atoms with Crippen molar-refractivity contribution in [3.63, 3.8) is 0 Å². The lowest BCUT2D eigenvalue weighted by atomic mass is 10.1. The van der Waals surface area contributed by atoms with Crippen molar-refractivity contribution in [1.82, 2.24) is 4.57 Å². The number of aryl methyl sites for hydroxylation is 1. The third kappa shape index (κ3) is 3.79. The number of carbonyl (C=O) groups excluding carboxylic acids is 1. The molecule has 0 N–H and O–H groups in total. The largest absolute Gasteiger partial charge is 0.492 e. The van der Waals surface area contributed by atoms with Gasteiger partial charge in [-0.25, -0.2) is 4.39 Å². The van der Waals surface area contributed by atoms with E-state index in [4.69, 9.17) is 4.74 Å². The molecular formula is C19H19FN2O2S. The van der Waals surface area contributed by atoms with E-state index in [1.807, 2.05) is 36.6 Å². The van der Waals surface area contributed by atoms with Crippen LogP contribution in [0, 0.1) is 5.82 Å². The maximum Gasteiger partial charge on any atom is 0.252 e. The maximum atomic E-state index is 13.0. The van der Waals surface area contributed by atoms with Gasteiger partial charge < -0.3 is 9.30 Å². The van der Waals surface area contributed by atoms with E-state index in [1.165, 1.54) is 23.5 Å². The number of benzene rings is 2. The Morgan fingerprint density at radius 1 is 1.20 bits per heavy atom. The average molecular weight is 358 g/mol. The number of carbonyl (C=O) groups is 1. The van der Waals surface area contributed by atoms with Gasteiger partial charge >= 0.3 is 0 Å². The number of aromatic nitrogens is 1. The molecule has 0 bridgehead atoms. The summed E-state index contributed by atoms with van der Waals surface area (Å²) >= 11 is 1.47. The van der Waals surface area contributed by atoms with Crippen LogP contribution in [0.5, 0.6) is 5.75 Å². The highest BCUT2D eigenvalue weighted by molar-refractivity contribution is 7.16. The summed E-state index contributed by atoms with van der Waals surface area (Å²) in [7, 11) is 0. The molecule has 0 saturated heterocycles.